The van der Waals surface area contributed by atoms with E-state index in [-0.39, 0.29) is 6.10 Å². The molecule has 0 N–H and O–H groups in total. The molecular weight excluding hydrogens is 292 g/mol. The van der Waals surface area contributed by atoms with Crippen molar-refractivity contribution >= 4 is 5.65 Å². The third kappa shape index (κ3) is 2.85. The molecule has 7 nitrogen and oxygen atoms in total. The van der Waals surface area contributed by atoms with E-state index >= 15 is 0 Å². The van der Waals surface area contributed by atoms with Gasteiger partial charge in [-0.3, -0.25) is 4.90 Å². The lowest BCUT2D eigenvalue weighted by molar-refractivity contribution is -0.0391. The molecule has 1 aliphatic heterocycles. The third-order valence-electron chi connectivity index (χ3n) is 4.22. The van der Waals surface area contributed by atoms with Crippen molar-refractivity contribution < 1.29 is 4.74 Å². The van der Waals surface area contributed by atoms with Gasteiger partial charge >= 0.3 is 0 Å². The lowest BCUT2D eigenvalue weighted by Gasteiger charge is -2.31. The summed E-state index contributed by atoms with van der Waals surface area (Å²) < 4.78 is 10.00. The predicted octanol–water partition coefficient (Wildman–Crippen LogP) is 1.52. The van der Waals surface area contributed by atoms with Crippen molar-refractivity contribution in [3.63, 3.8) is 0 Å². The van der Waals surface area contributed by atoms with Crippen LogP contribution in [0.1, 0.15) is 24.5 Å². The Morgan fingerprint density at radius 3 is 3.17 bits per heavy atom. The van der Waals surface area contributed by atoms with Crippen LogP contribution in [0.2, 0.25) is 0 Å². The molecular formula is C16H20N6O. The van der Waals surface area contributed by atoms with Crippen LogP contribution in [0.3, 0.4) is 0 Å². The number of aromatic nitrogens is 5. The van der Waals surface area contributed by atoms with Crippen molar-refractivity contribution in [3.05, 3.63) is 48.4 Å². The number of hydrogen-bond acceptors (Lipinski definition) is 5. The van der Waals surface area contributed by atoms with Gasteiger partial charge in [0.25, 0.3) is 0 Å². The molecule has 0 aromatic carbocycles. The Balaban J connectivity index is 1.49. The summed E-state index contributed by atoms with van der Waals surface area (Å²) in [6.07, 6.45) is 5.86. The fourth-order valence-electron chi connectivity index (χ4n) is 3.05. The first-order chi connectivity index (χ1) is 11.3. The minimum absolute atomic E-state index is 0.0248. The maximum atomic E-state index is 5.90. The highest BCUT2D eigenvalue weighted by atomic mass is 16.5. The van der Waals surface area contributed by atoms with Crippen molar-refractivity contribution in [2.45, 2.75) is 26.1 Å². The monoisotopic (exact) mass is 312 g/mol. The summed E-state index contributed by atoms with van der Waals surface area (Å²) in [5.74, 6) is 0.909. The molecule has 4 rings (SSSR count). The van der Waals surface area contributed by atoms with E-state index in [0.29, 0.717) is 6.61 Å². The predicted molar refractivity (Wildman–Crippen MR) is 84.9 cm³/mol. The molecule has 0 bridgehead atoms. The van der Waals surface area contributed by atoms with Crippen LogP contribution in [0.25, 0.3) is 5.65 Å². The summed E-state index contributed by atoms with van der Waals surface area (Å²) in [6, 6.07) is 6.05. The average Bonchev–Trinajstić information content (AvgIpc) is 3.20. The van der Waals surface area contributed by atoms with E-state index in [0.717, 1.165) is 43.3 Å². The van der Waals surface area contributed by atoms with Gasteiger partial charge in [-0.25, -0.2) is 4.98 Å². The summed E-state index contributed by atoms with van der Waals surface area (Å²) >= 11 is 0. The Hall–Kier alpha value is -2.25. The van der Waals surface area contributed by atoms with E-state index in [1.54, 1.807) is 6.33 Å². The first-order valence-electron chi connectivity index (χ1n) is 7.98. The summed E-state index contributed by atoms with van der Waals surface area (Å²) in [5, 5.41) is 8.23. The lowest BCUT2D eigenvalue weighted by atomic mass is 10.2. The van der Waals surface area contributed by atoms with Crippen LogP contribution in [0.15, 0.2) is 36.9 Å². The minimum atomic E-state index is -0.0248. The van der Waals surface area contributed by atoms with Crippen LogP contribution in [0.5, 0.6) is 0 Å². The lowest BCUT2D eigenvalue weighted by Crippen LogP contribution is -2.38. The molecule has 7 heteroatoms. The maximum Gasteiger partial charge on any atom is 0.163 e. The number of nitrogens with zero attached hydrogens (tertiary/aromatic N) is 6. The standard InChI is InChI=1S/C16H20N6O/c1-2-21-12-17-19-16(21)14-11-20(7-8-23-14)9-13-10-22-6-4-3-5-15(22)18-13/h3-6,10,12,14H,2,7-9,11H2,1H3. The first kappa shape index (κ1) is 14.3. The molecule has 1 saturated heterocycles. The normalized spacial score (nSPS) is 19.4. The van der Waals surface area contributed by atoms with Crippen molar-refractivity contribution in [1.82, 2.24) is 29.0 Å². The van der Waals surface area contributed by atoms with Gasteiger partial charge in [0.05, 0.1) is 12.3 Å². The smallest absolute Gasteiger partial charge is 0.163 e. The van der Waals surface area contributed by atoms with Gasteiger partial charge in [-0.05, 0) is 19.1 Å². The van der Waals surface area contributed by atoms with E-state index in [1.807, 2.05) is 29.0 Å². The minimum Gasteiger partial charge on any atom is -0.368 e. The van der Waals surface area contributed by atoms with E-state index in [2.05, 4.69) is 37.6 Å². The summed E-state index contributed by atoms with van der Waals surface area (Å²) in [4.78, 5) is 7.04. The molecule has 120 valence electrons. The number of fused-ring (bicyclic) bond motifs is 1. The van der Waals surface area contributed by atoms with E-state index in [9.17, 15) is 0 Å². The van der Waals surface area contributed by atoms with Crippen molar-refractivity contribution in [1.29, 1.82) is 0 Å². The molecule has 0 radical (unpaired) electrons. The first-order valence-corrected chi connectivity index (χ1v) is 7.98. The van der Waals surface area contributed by atoms with Gasteiger partial charge in [0, 0.05) is 38.6 Å². The van der Waals surface area contributed by atoms with Gasteiger partial charge in [-0.1, -0.05) is 6.07 Å². The van der Waals surface area contributed by atoms with E-state index in [4.69, 9.17) is 4.74 Å². The number of hydrogen-bond donors (Lipinski definition) is 0. The van der Waals surface area contributed by atoms with Crippen LogP contribution in [0, 0.1) is 0 Å². The SMILES string of the molecule is CCn1cnnc1C1CN(Cc2cn3ccccc3n2)CCO1. The quantitative estimate of drug-likeness (QED) is 0.731. The number of morpholine rings is 1. The number of aryl methyl sites for hydroxylation is 1. The van der Waals surface area contributed by atoms with Crippen LogP contribution in [-0.4, -0.2) is 48.7 Å². The van der Waals surface area contributed by atoms with Crippen LogP contribution in [-0.2, 0) is 17.8 Å². The van der Waals surface area contributed by atoms with Crippen molar-refractivity contribution in [2.24, 2.45) is 0 Å². The second-order valence-electron chi connectivity index (χ2n) is 5.77. The Morgan fingerprint density at radius 2 is 2.30 bits per heavy atom. The number of imidazole rings is 1. The highest BCUT2D eigenvalue weighted by Gasteiger charge is 2.26. The molecule has 0 aliphatic carbocycles. The molecule has 23 heavy (non-hydrogen) atoms. The Labute approximate surface area is 134 Å². The van der Waals surface area contributed by atoms with Gasteiger partial charge in [-0.2, -0.15) is 0 Å². The van der Waals surface area contributed by atoms with Crippen molar-refractivity contribution in [2.75, 3.05) is 19.7 Å². The molecule has 1 aliphatic rings. The van der Waals surface area contributed by atoms with Crippen molar-refractivity contribution in [3.8, 4) is 0 Å². The summed E-state index contributed by atoms with van der Waals surface area (Å²) in [7, 11) is 0. The number of ether oxygens (including phenoxy) is 1. The number of rotatable bonds is 4. The van der Waals surface area contributed by atoms with Gasteiger partial charge in [0.1, 0.15) is 18.1 Å². The van der Waals surface area contributed by atoms with E-state index in [1.165, 1.54) is 0 Å². The molecule has 0 amide bonds. The Kier molecular flexibility index (Phi) is 3.80. The summed E-state index contributed by atoms with van der Waals surface area (Å²) in [6.45, 7) is 6.19. The Morgan fingerprint density at radius 1 is 1.35 bits per heavy atom. The van der Waals surface area contributed by atoms with E-state index < -0.39 is 0 Å². The van der Waals surface area contributed by atoms with Crippen LogP contribution >= 0.6 is 0 Å². The highest BCUT2D eigenvalue weighted by Crippen LogP contribution is 2.21. The van der Waals surface area contributed by atoms with Crippen LogP contribution < -0.4 is 0 Å². The molecule has 4 heterocycles. The zero-order valence-electron chi connectivity index (χ0n) is 13.2. The molecule has 0 saturated carbocycles. The second kappa shape index (κ2) is 6.10. The van der Waals surface area contributed by atoms with Gasteiger partial charge in [0.15, 0.2) is 5.82 Å². The maximum absolute atomic E-state index is 5.90. The number of pyridine rings is 1. The summed E-state index contributed by atoms with van der Waals surface area (Å²) in [5.41, 5.74) is 2.06. The molecule has 3 aromatic rings. The molecule has 3 aromatic heterocycles. The fraction of sp³-hybridized carbons (Fsp3) is 0.438. The Bertz CT molecular complexity index is 762. The van der Waals surface area contributed by atoms with Gasteiger partial charge < -0.3 is 13.7 Å². The zero-order chi connectivity index (χ0) is 15.6. The highest BCUT2D eigenvalue weighted by molar-refractivity contribution is 5.39. The zero-order valence-corrected chi connectivity index (χ0v) is 13.2. The fourth-order valence-corrected chi connectivity index (χ4v) is 3.05. The molecule has 1 atom stereocenters. The van der Waals surface area contributed by atoms with Crippen LogP contribution in [0.4, 0.5) is 0 Å². The average molecular weight is 312 g/mol. The molecule has 0 spiro atoms. The second-order valence-corrected chi connectivity index (χ2v) is 5.77. The topological polar surface area (TPSA) is 60.5 Å². The molecule has 1 fully saturated rings. The largest absolute Gasteiger partial charge is 0.368 e. The van der Waals surface area contributed by atoms with Gasteiger partial charge in [0.2, 0.25) is 0 Å². The molecule has 1 unspecified atom stereocenters. The third-order valence-corrected chi connectivity index (χ3v) is 4.22. The van der Waals surface area contributed by atoms with Gasteiger partial charge in [-0.15, -0.1) is 10.2 Å².